The molecule has 6 heteroatoms. The van der Waals surface area contributed by atoms with Gasteiger partial charge in [0.05, 0.1) is 5.75 Å². The molecular formula is C23H29FN2O2S. The van der Waals surface area contributed by atoms with Gasteiger partial charge in [0.25, 0.3) is 0 Å². The first-order chi connectivity index (χ1) is 13.8. The van der Waals surface area contributed by atoms with Gasteiger partial charge in [-0.25, -0.2) is 4.39 Å². The molecule has 1 N–H and O–H groups in total. The van der Waals surface area contributed by atoms with E-state index in [2.05, 4.69) is 5.32 Å². The van der Waals surface area contributed by atoms with Crippen LogP contribution in [-0.2, 0) is 21.9 Å². The first-order valence-electron chi connectivity index (χ1n) is 9.74. The Morgan fingerprint density at radius 2 is 1.76 bits per heavy atom. The van der Waals surface area contributed by atoms with E-state index in [4.69, 9.17) is 0 Å². The van der Waals surface area contributed by atoms with Crippen LogP contribution in [0.15, 0.2) is 48.5 Å². The van der Waals surface area contributed by atoms with Gasteiger partial charge in [0, 0.05) is 18.3 Å². The van der Waals surface area contributed by atoms with Crippen molar-refractivity contribution in [3.05, 3.63) is 71.0 Å². The molecule has 2 aromatic rings. The first kappa shape index (κ1) is 22.9. The average molecular weight is 417 g/mol. The van der Waals surface area contributed by atoms with Crippen LogP contribution in [0.25, 0.3) is 0 Å². The largest absolute Gasteiger partial charge is 0.352 e. The lowest BCUT2D eigenvalue weighted by Gasteiger charge is -2.29. The molecule has 0 saturated carbocycles. The minimum atomic E-state index is -0.572. The molecule has 2 amide bonds. The van der Waals surface area contributed by atoms with E-state index in [9.17, 15) is 14.0 Å². The van der Waals surface area contributed by atoms with Crippen LogP contribution >= 0.6 is 11.8 Å². The average Bonchev–Trinajstić information content (AvgIpc) is 2.66. The van der Waals surface area contributed by atoms with Crippen molar-refractivity contribution in [2.24, 2.45) is 0 Å². The Kier molecular flexibility index (Phi) is 8.70. The van der Waals surface area contributed by atoms with Gasteiger partial charge in [-0.2, -0.15) is 0 Å². The Balaban J connectivity index is 2.06. The molecule has 0 saturated heterocycles. The number of rotatable bonds is 9. The number of nitrogens with one attached hydrogen (secondary N) is 1. The predicted octanol–water partition coefficient (Wildman–Crippen LogP) is 4.31. The van der Waals surface area contributed by atoms with Gasteiger partial charge in [0.1, 0.15) is 11.9 Å². The summed E-state index contributed by atoms with van der Waals surface area (Å²) in [4.78, 5) is 27.1. The molecular weight excluding hydrogens is 387 g/mol. The Morgan fingerprint density at radius 1 is 1.07 bits per heavy atom. The molecule has 0 bridgehead atoms. The van der Waals surface area contributed by atoms with Crippen molar-refractivity contribution in [2.75, 3.05) is 5.75 Å². The Bertz CT molecular complexity index is 824. The molecule has 0 aliphatic heterocycles. The smallest absolute Gasteiger partial charge is 0.242 e. The molecule has 2 rings (SSSR count). The maximum atomic E-state index is 13.0. The highest BCUT2D eigenvalue weighted by molar-refractivity contribution is 7.99. The number of thioether (sulfide) groups is 1. The number of amides is 2. The Hall–Kier alpha value is -2.34. The standard InChI is InChI=1S/C23H29FN2O2S/c1-16(2)25-23(28)18(4)26(13-20-7-5-6-17(3)12-20)22(27)15-29-14-19-8-10-21(24)11-9-19/h5-12,16,18H,13-15H2,1-4H3,(H,25,28)/t18-/m1/s1. The molecule has 0 aromatic heterocycles. The fourth-order valence-electron chi connectivity index (χ4n) is 2.91. The van der Waals surface area contributed by atoms with E-state index in [0.29, 0.717) is 12.3 Å². The number of hydrogen-bond acceptors (Lipinski definition) is 3. The van der Waals surface area contributed by atoms with Gasteiger partial charge in [-0.1, -0.05) is 42.0 Å². The number of benzene rings is 2. The van der Waals surface area contributed by atoms with Crippen LogP contribution in [0.4, 0.5) is 4.39 Å². The second-order valence-electron chi connectivity index (χ2n) is 7.47. The minimum absolute atomic E-state index is 0.00808. The van der Waals surface area contributed by atoms with E-state index in [0.717, 1.165) is 16.7 Å². The maximum Gasteiger partial charge on any atom is 0.242 e. The highest BCUT2D eigenvalue weighted by Gasteiger charge is 2.26. The monoisotopic (exact) mass is 416 g/mol. The molecule has 0 unspecified atom stereocenters. The predicted molar refractivity (Wildman–Crippen MR) is 117 cm³/mol. The number of hydrogen-bond donors (Lipinski definition) is 1. The van der Waals surface area contributed by atoms with Gasteiger partial charge in [-0.15, -0.1) is 11.8 Å². The van der Waals surface area contributed by atoms with E-state index in [1.807, 2.05) is 45.0 Å². The molecule has 0 spiro atoms. The molecule has 0 aliphatic rings. The number of nitrogens with zero attached hydrogens (tertiary/aromatic N) is 1. The van der Waals surface area contributed by atoms with Gasteiger partial charge in [0.2, 0.25) is 11.8 Å². The van der Waals surface area contributed by atoms with Crippen LogP contribution < -0.4 is 5.32 Å². The number of aryl methyl sites for hydroxylation is 1. The SMILES string of the molecule is Cc1cccc(CN(C(=O)CSCc2ccc(F)cc2)[C@H](C)C(=O)NC(C)C)c1. The zero-order chi connectivity index (χ0) is 21.4. The van der Waals surface area contributed by atoms with Crippen LogP contribution in [0, 0.1) is 12.7 Å². The minimum Gasteiger partial charge on any atom is -0.352 e. The van der Waals surface area contributed by atoms with Crippen molar-refractivity contribution in [3.63, 3.8) is 0 Å². The van der Waals surface area contributed by atoms with Gasteiger partial charge >= 0.3 is 0 Å². The van der Waals surface area contributed by atoms with Crippen molar-refractivity contribution < 1.29 is 14.0 Å². The van der Waals surface area contributed by atoms with Gasteiger partial charge in [0.15, 0.2) is 0 Å². The normalized spacial score (nSPS) is 11.9. The quantitative estimate of drug-likeness (QED) is 0.663. The van der Waals surface area contributed by atoms with E-state index < -0.39 is 6.04 Å². The molecule has 4 nitrogen and oxygen atoms in total. The zero-order valence-electron chi connectivity index (χ0n) is 17.4. The molecule has 2 aromatic carbocycles. The topological polar surface area (TPSA) is 49.4 Å². The van der Waals surface area contributed by atoms with E-state index >= 15 is 0 Å². The molecule has 0 heterocycles. The first-order valence-corrected chi connectivity index (χ1v) is 10.9. The van der Waals surface area contributed by atoms with Gasteiger partial charge in [-0.3, -0.25) is 9.59 Å². The number of carbonyl (C=O) groups is 2. The van der Waals surface area contributed by atoms with Gasteiger partial charge in [-0.05, 0) is 51.0 Å². The summed E-state index contributed by atoms with van der Waals surface area (Å²) in [6.45, 7) is 7.94. The summed E-state index contributed by atoms with van der Waals surface area (Å²) >= 11 is 1.46. The van der Waals surface area contributed by atoms with Crippen LogP contribution in [0.2, 0.25) is 0 Å². The maximum absolute atomic E-state index is 13.0. The van der Waals surface area contributed by atoms with Crippen molar-refractivity contribution in [2.45, 2.75) is 52.1 Å². The van der Waals surface area contributed by atoms with E-state index in [1.54, 1.807) is 24.0 Å². The summed E-state index contributed by atoms with van der Waals surface area (Å²) in [7, 11) is 0. The van der Waals surface area contributed by atoms with Crippen LogP contribution in [0.5, 0.6) is 0 Å². The Labute approximate surface area is 176 Å². The van der Waals surface area contributed by atoms with Crippen molar-refractivity contribution in [1.82, 2.24) is 10.2 Å². The summed E-state index contributed by atoms with van der Waals surface area (Å²) in [5.41, 5.74) is 3.06. The molecule has 0 aliphatic carbocycles. The molecule has 29 heavy (non-hydrogen) atoms. The van der Waals surface area contributed by atoms with Crippen molar-refractivity contribution >= 4 is 23.6 Å². The van der Waals surface area contributed by atoms with Crippen LogP contribution in [0.3, 0.4) is 0 Å². The molecule has 1 atom stereocenters. The van der Waals surface area contributed by atoms with Crippen LogP contribution in [0.1, 0.15) is 37.5 Å². The highest BCUT2D eigenvalue weighted by atomic mass is 32.2. The highest BCUT2D eigenvalue weighted by Crippen LogP contribution is 2.17. The third-order valence-corrected chi connectivity index (χ3v) is 5.43. The fourth-order valence-corrected chi connectivity index (χ4v) is 3.79. The third kappa shape index (κ3) is 7.54. The lowest BCUT2D eigenvalue weighted by molar-refractivity contribution is -0.138. The summed E-state index contributed by atoms with van der Waals surface area (Å²) in [6, 6.07) is 13.7. The van der Waals surface area contributed by atoms with Crippen molar-refractivity contribution in [3.8, 4) is 0 Å². The fraction of sp³-hybridized carbons (Fsp3) is 0.391. The summed E-state index contributed by atoms with van der Waals surface area (Å²) < 4.78 is 13.0. The van der Waals surface area contributed by atoms with Crippen molar-refractivity contribution in [1.29, 1.82) is 0 Å². The third-order valence-electron chi connectivity index (χ3n) is 4.44. The van der Waals surface area contributed by atoms with Crippen LogP contribution in [-0.4, -0.2) is 34.6 Å². The van der Waals surface area contributed by atoms with Gasteiger partial charge < -0.3 is 10.2 Å². The number of halogens is 1. The second kappa shape index (κ2) is 11.0. The lowest BCUT2D eigenvalue weighted by atomic mass is 10.1. The number of carbonyl (C=O) groups excluding carboxylic acids is 2. The molecule has 0 fully saturated rings. The summed E-state index contributed by atoms with van der Waals surface area (Å²) in [6.07, 6.45) is 0. The second-order valence-corrected chi connectivity index (χ2v) is 8.45. The molecule has 156 valence electrons. The summed E-state index contributed by atoms with van der Waals surface area (Å²) in [5.74, 6) is 0.332. The Morgan fingerprint density at radius 3 is 2.38 bits per heavy atom. The lowest BCUT2D eigenvalue weighted by Crippen LogP contribution is -2.49. The zero-order valence-corrected chi connectivity index (χ0v) is 18.3. The van der Waals surface area contributed by atoms with E-state index in [-0.39, 0.29) is 29.4 Å². The van der Waals surface area contributed by atoms with E-state index in [1.165, 1.54) is 23.9 Å². The molecule has 0 radical (unpaired) electrons. The summed E-state index contributed by atoms with van der Waals surface area (Å²) in [5, 5.41) is 2.89.